The van der Waals surface area contributed by atoms with E-state index in [4.69, 9.17) is 18.9 Å². The van der Waals surface area contributed by atoms with Gasteiger partial charge in [0, 0.05) is 12.0 Å². The Bertz CT molecular complexity index is 1490. The zero-order valence-corrected chi connectivity index (χ0v) is 33.7. The van der Waals surface area contributed by atoms with Gasteiger partial charge in [-0.2, -0.15) is 0 Å². The molecular weight excluding hydrogens is 748 g/mol. The fraction of sp³-hybridized carbons (Fsp3) is 0.902. The van der Waals surface area contributed by atoms with Crippen LogP contribution in [0.3, 0.4) is 0 Å². The molecule has 4 aliphatic carbocycles. The number of carboxylic acids is 1. The Morgan fingerprint density at radius 3 is 2.04 bits per heavy atom. The lowest BCUT2D eigenvalue weighted by Gasteiger charge is -2.54. The highest BCUT2D eigenvalue weighted by Gasteiger charge is 2.60. The van der Waals surface area contributed by atoms with E-state index in [9.17, 15) is 60.7 Å². The van der Waals surface area contributed by atoms with Crippen LogP contribution in [0.1, 0.15) is 98.8 Å². The van der Waals surface area contributed by atoms with E-state index in [0.717, 1.165) is 24.0 Å². The molecule has 6 rings (SSSR count). The van der Waals surface area contributed by atoms with Crippen LogP contribution in [0.15, 0.2) is 11.1 Å². The highest BCUT2D eigenvalue weighted by Crippen LogP contribution is 2.65. The second kappa shape index (κ2) is 17.0. The molecule has 2 heterocycles. The minimum absolute atomic E-state index is 0.0193. The van der Waals surface area contributed by atoms with E-state index in [1.54, 1.807) is 20.8 Å². The second-order valence-corrected chi connectivity index (χ2v) is 18.7. The zero-order chi connectivity index (χ0) is 41.9. The predicted molar refractivity (Wildman–Crippen MR) is 199 cm³/mol. The van der Waals surface area contributed by atoms with Crippen molar-refractivity contribution in [3.05, 3.63) is 11.1 Å². The molecule has 6 aliphatic rings. The van der Waals surface area contributed by atoms with Crippen molar-refractivity contribution in [1.82, 2.24) is 0 Å². The van der Waals surface area contributed by atoms with Gasteiger partial charge in [-0.25, -0.2) is 0 Å². The van der Waals surface area contributed by atoms with Crippen molar-refractivity contribution in [3.8, 4) is 0 Å². The molecule has 16 heteroatoms. The number of carboxylic acid groups (broad SMARTS) is 1. The number of fused-ring (bicyclic) bond motifs is 4. The molecule has 57 heavy (non-hydrogen) atoms. The van der Waals surface area contributed by atoms with Gasteiger partial charge < -0.3 is 70.0 Å². The van der Waals surface area contributed by atoms with Crippen molar-refractivity contribution in [3.63, 3.8) is 0 Å². The quantitative estimate of drug-likeness (QED) is 0.119. The molecule has 0 aromatic heterocycles. The summed E-state index contributed by atoms with van der Waals surface area (Å²) in [5.41, 5.74) is -0.626. The molecule has 0 aromatic rings. The first-order valence-corrected chi connectivity index (χ1v) is 20.9. The summed E-state index contributed by atoms with van der Waals surface area (Å²) >= 11 is 0. The summed E-state index contributed by atoms with van der Waals surface area (Å²) in [6, 6.07) is 0. The Hall–Kier alpha value is -1.64. The van der Waals surface area contributed by atoms with Crippen molar-refractivity contribution in [2.75, 3.05) is 13.2 Å². The van der Waals surface area contributed by atoms with E-state index in [0.29, 0.717) is 32.1 Å². The summed E-state index contributed by atoms with van der Waals surface area (Å²) in [5, 5.41) is 104. The Balaban J connectivity index is 1.15. The molecule has 19 unspecified atom stereocenters. The van der Waals surface area contributed by atoms with Crippen LogP contribution >= 0.6 is 0 Å². The molecule has 0 radical (unpaired) electrons. The average Bonchev–Trinajstić information content (AvgIpc) is 3.50. The van der Waals surface area contributed by atoms with E-state index in [2.05, 4.69) is 6.92 Å². The first-order valence-electron chi connectivity index (χ1n) is 20.9. The summed E-state index contributed by atoms with van der Waals surface area (Å²) in [7, 11) is 0. The van der Waals surface area contributed by atoms with Gasteiger partial charge in [0.25, 0.3) is 0 Å². The molecule has 2 saturated carbocycles. The molecule has 0 spiro atoms. The number of aliphatic hydroxyl groups is 9. The fourth-order valence-corrected chi connectivity index (χ4v) is 11.8. The number of ether oxygens (including phenoxy) is 4. The van der Waals surface area contributed by atoms with Gasteiger partial charge in [-0.3, -0.25) is 9.59 Å². The van der Waals surface area contributed by atoms with Crippen LogP contribution in [-0.2, 0) is 28.5 Å². The Kier molecular flexibility index (Phi) is 13.4. The molecule has 2 saturated heterocycles. The molecule has 2 aliphatic heterocycles. The number of Topliss-reactive ketones (excluding diaryl/α,β-unsaturated/α-hetero) is 1. The number of aliphatic carboxylic acids is 1. The van der Waals surface area contributed by atoms with Crippen LogP contribution in [0.5, 0.6) is 0 Å². The van der Waals surface area contributed by atoms with Gasteiger partial charge in [-0.15, -0.1) is 0 Å². The van der Waals surface area contributed by atoms with Gasteiger partial charge in [0.2, 0.25) is 0 Å². The maximum Gasteiger partial charge on any atom is 0.306 e. The van der Waals surface area contributed by atoms with Crippen LogP contribution in [0, 0.1) is 40.4 Å². The zero-order valence-electron chi connectivity index (χ0n) is 33.7. The highest BCUT2D eigenvalue weighted by molar-refractivity contribution is 5.99. The van der Waals surface area contributed by atoms with E-state index in [1.165, 1.54) is 0 Å². The van der Waals surface area contributed by atoms with Crippen LogP contribution in [0.4, 0.5) is 0 Å². The first kappa shape index (κ1) is 44.9. The monoisotopic (exact) mass is 814 g/mol. The van der Waals surface area contributed by atoms with Crippen LogP contribution in [0.25, 0.3) is 0 Å². The first-order chi connectivity index (χ1) is 26.7. The maximum absolute atomic E-state index is 14.4. The highest BCUT2D eigenvalue weighted by atomic mass is 16.7. The van der Waals surface area contributed by atoms with Gasteiger partial charge in [0.05, 0.1) is 36.9 Å². The van der Waals surface area contributed by atoms with E-state index < -0.39 is 115 Å². The molecule has 19 atom stereocenters. The third kappa shape index (κ3) is 7.90. The number of rotatable bonds is 13. The number of aliphatic hydroxyl groups excluding tert-OH is 8. The van der Waals surface area contributed by atoms with Crippen molar-refractivity contribution in [2.45, 2.75) is 178 Å². The Labute approximate surface area is 333 Å². The Morgan fingerprint density at radius 1 is 0.860 bits per heavy atom. The lowest BCUT2D eigenvalue weighted by atomic mass is 9.50. The summed E-state index contributed by atoms with van der Waals surface area (Å²) in [6.07, 6.45) is -10.7. The van der Waals surface area contributed by atoms with E-state index in [1.807, 2.05) is 6.92 Å². The van der Waals surface area contributed by atoms with Gasteiger partial charge in [0.15, 0.2) is 18.4 Å². The summed E-state index contributed by atoms with van der Waals surface area (Å²) in [4.78, 5) is 27.6. The van der Waals surface area contributed by atoms with Gasteiger partial charge in [-0.05, 0) is 99.2 Å². The van der Waals surface area contributed by atoms with Crippen molar-refractivity contribution >= 4 is 11.8 Å². The molecule has 4 fully saturated rings. The smallest absolute Gasteiger partial charge is 0.306 e. The normalized spacial score (nSPS) is 45.8. The van der Waals surface area contributed by atoms with Crippen LogP contribution < -0.4 is 0 Å². The van der Waals surface area contributed by atoms with Gasteiger partial charge in [-0.1, -0.05) is 33.3 Å². The van der Waals surface area contributed by atoms with Crippen molar-refractivity contribution in [1.29, 1.82) is 0 Å². The van der Waals surface area contributed by atoms with Gasteiger partial charge >= 0.3 is 5.97 Å². The second-order valence-electron chi connectivity index (χ2n) is 18.7. The number of hydrogen-bond donors (Lipinski definition) is 10. The Morgan fingerprint density at radius 2 is 1.46 bits per heavy atom. The molecule has 0 amide bonds. The number of ketones is 1. The third-order valence-corrected chi connectivity index (χ3v) is 15.5. The molecule has 16 nitrogen and oxygen atoms in total. The lowest BCUT2D eigenvalue weighted by Crippen LogP contribution is -2.61. The summed E-state index contributed by atoms with van der Waals surface area (Å²) in [6.45, 7) is 8.12. The molecule has 326 valence electrons. The molecule has 0 aromatic carbocycles. The van der Waals surface area contributed by atoms with Gasteiger partial charge in [0.1, 0.15) is 48.8 Å². The van der Waals surface area contributed by atoms with Crippen LogP contribution in [-0.4, -0.2) is 155 Å². The molecule has 0 bridgehead atoms. The predicted octanol–water partition coefficient (Wildman–Crippen LogP) is 0.147. The van der Waals surface area contributed by atoms with Crippen molar-refractivity contribution < 1.29 is 79.6 Å². The lowest BCUT2D eigenvalue weighted by molar-refractivity contribution is -0.324. The number of hydrogen-bond acceptors (Lipinski definition) is 15. The minimum atomic E-state index is -1.66. The standard InChI is InChI=1S/C41H66O16/c1-18(2)41(53,19(3)54-37-34(49)32(47)30(45)27(16-42)56-37)13-11-23(36(51)52)25-9-8-24-22-7-6-20-14-21(55-38-35(50)33(48)31(46)28(17-43)57-38)10-12-39(20,4)29(22)26(44)15-40(24,25)5/h18-21,23-25,27-28,30-35,37-38,42-43,45-50,53H,6-17H2,1-5H3,(H,51,52). The molecule has 10 N–H and O–H groups in total. The largest absolute Gasteiger partial charge is 0.481 e. The maximum atomic E-state index is 14.4. The fourth-order valence-electron chi connectivity index (χ4n) is 11.8. The summed E-state index contributed by atoms with van der Waals surface area (Å²) in [5.74, 6) is -2.49. The van der Waals surface area contributed by atoms with E-state index in [-0.39, 0.29) is 48.9 Å². The topological polar surface area (TPSA) is 273 Å². The van der Waals surface area contributed by atoms with Crippen molar-refractivity contribution in [2.24, 2.45) is 40.4 Å². The average molecular weight is 815 g/mol. The number of allylic oxidation sites excluding steroid dienone is 2. The minimum Gasteiger partial charge on any atom is -0.481 e. The number of carbonyl (C=O) groups excluding carboxylic acids is 1. The number of carbonyl (C=O) groups is 2. The summed E-state index contributed by atoms with van der Waals surface area (Å²) < 4.78 is 23.2. The van der Waals surface area contributed by atoms with Crippen LogP contribution in [0.2, 0.25) is 0 Å². The SMILES string of the molecule is CC(C)C(O)(CCC(C(=O)O)C1CCC2C3=C(C(=O)CC21C)C1(C)CCC(OC2OC(CO)C(O)C(O)C2O)CC1CC3)C(C)OC1OC(CO)C(O)C(O)C1O. The third-order valence-electron chi connectivity index (χ3n) is 15.5. The van der Waals surface area contributed by atoms with E-state index >= 15 is 0 Å². The molecular formula is C41H66O16.